The molecule has 7 atom stereocenters. The van der Waals surface area contributed by atoms with Crippen LogP contribution in [0.25, 0.3) is 0 Å². The summed E-state index contributed by atoms with van der Waals surface area (Å²) >= 11 is 0. The number of carbonyl (C=O) groups excluding carboxylic acids is 2. The van der Waals surface area contributed by atoms with Gasteiger partial charge >= 0.3 is 5.97 Å². The third-order valence-corrected chi connectivity index (χ3v) is 12.9. The highest BCUT2D eigenvalue weighted by Crippen LogP contribution is 2.23. The molecule has 0 aromatic carbocycles. The molecule has 1 aliphatic rings. The van der Waals surface area contributed by atoms with Crippen LogP contribution in [0.1, 0.15) is 239 Å². The molecule has 11 nitrogen and oxygen atoms in total. The highest BCUT2D eigenvalue weighted by molar-refractivity contribution is 5.76. The number of amides is 1. The van der Waals surface area contributed by atoms with Gasteiger partial charge in [-0.15, -0.1) is 0 Å². The van der Waals surface area contributed by atoms with Crippen LogP contribution in [-0.4, -0.2) is 100 Å². The molecule has 6 N–H and O–H groups in total. The predicted molar refractivity (Wildman–Crippen MR) is 278 cm³/mol. The van der Waals surface area contributed by atoms with Gasteiger partial charge in [-0.3, -0.25) is 9.59 Å². The van der Waals surface area contributed by atoms with Crippen molar-refractivity contribution in [2.75, 3.05) is 19.8 Å². The maximum atomic E-state index is 13.0. The van der Waals surface area contributed by atoms with E-state index in [0.29, 0.717) is 19.4 Å². The number of nitrogens with one attached hydrogen (secondary N) is 1. The van der Waals surface area contributed by atoms with Crippen molar-refractivity contribution in [2.45, 2.75) is 281 Å². The van der Waals surface area contributed by atoms with Gasteiger partial charge in [0.25, 0.3) is 0 Å². The van der Waals surface area contributed by atoms with Gasteiger partial charge in [-0.2, -0.15) is 0 Å². The smallest absolute Gasteiger partial charge is 0.305 e. The second-order valence-corrected chi connectivity index (χ2v) is 19.3. The molecule has 0 saturated carbocycles. The molecule has 1 aliphatic heterocycles. The van der Waals surface area contributed by atoms with E-state index in [9.17, 15) is 35.1 Å². The van der Waals surface area contributed by atoms with E-state index >= 15 is 0 Å². The van der Waals surface area contributed by atoms with Gasteiger partial charge in [-0.05, 0) is 77.0 Å². The summed E-state index contributed by atoms with van der Waals surface area (Å²) in [6.45, 7) is 4.24. The molecule has 68 heavy (non-hydrogen) atoms. The summed E-state index contributed by atoms with van der Waals surface area (Å²) in [6, 6.07) is -0.844. The molecule has 1 fully saturated rings. The average molecular weight is 962 g/mol. The number of carbonyl (C=O) groups is 2. The molecule has 396 valence electrons. The molecule has 0 aliphatic carbocycles. The summed E-state index contributed by atoms with van der Waals surface area (Å²) in [7, 11) is 0. The van der Waals surface area contributed by atoms with Gasteiger partial charge < -0.3 is 45.1 Å². The number of hydrogen-bond acceptors (Lipinski definition) is 10. The monoisotopic (exact) mass is 962 g/mol. The molecule has 0 spiro atoms. The minimum absolute atomic E-state index is 0.0427. The Morgan fingerprint density at radius 1 is 0.544 bits per heavy atom. The van der Waals surface area contributed by atoms with Crippen molar-refractivity contribution in [3.8, 4) is 0 Å². The Bertz CT molecular complexity index is 1270. The fraction of sp³-hybridized carbons (Fsp3) is 0.825. The minimum Gasteiger partial charge on any atom is -0.466 e. The van der Waals surface area contributed by atoms with Crippen LogP contribution < -0.4 is 5.32 Å². The van der Waals surface area contributed by atoms with Crippen molar-refractivity contribution in [1.82, 2.24) is 5.32 Å². The maximum absolute atomic E-state index is 13.0. The molecule has 0 aromatic rings. The third kappa shape index (κ3) is 36.5. The van der Waals surface area contributed by atoms with Crippen molar-refractivity contribution in [3.63, 3.8) is 0 Å². The molecule has 7 unspecified atom stereocenters. The third-order valence-electron chi connectivity index (χ3n) is 12.9. The maximum Gasteiger partial charge on any atom is 0.305 e. The molecule has 0 aromatic heterocycles. The SMILES string of the molecule is CCCCCCCCCC/C=C/CC/C=C/C(O)C(COC1OC(CO)C(O)C(O)C1O)NC(=O)CCCCCCCC/C=C\C=C/CCCCCOC(=O)CCCCCCCCCCCCC. The molecule has 1 heterocycles. The lowest BCUT2D eigenvalue weighted by Gasteiger charge is -2.40. The number of allylic oxidation sites excluding steroid dienone is 7. The minimum atomic E-state index is -1.59. The van der Waals surface area contributed by atoms with Crippen LogP contribution in [0.5, 0.6) is 0 Å². The van der Waals surface area contributed by atoms with Gasteiger partial charge in [-0.1, -0.05) is 197 Å². The van der Waals surface area contributed by atoms with E-state index in [0.717, 1.165) is 103 Å². The number of aliphatic hydroxyl groups is 5. The molecule has 11 heteroatoms. The van der Waals surface area contributed by atoms with Crippen LogP contribution in [-0.2, 0) is 23.8 Å². The van der Waals surface area contributed by atoms with Crippen LogP contribution in [0, 0.1) is 0 Å². The van der Waals surface area contributed by atoms with Gasteiger partial charge in [0.15, 0.2) is 6.29 Å². The summed E-state index contributed by atoms with van der Waals surface area (Å²) in [5.41, 5.74) is 0. The number of rotatable bonds is 47. The van der Waals surface area contributed by atoms with Crippen molar-refractivity contribution < 1.29 is 49.3 Å². The average Bonchev–Trinajstić information content (AvgIpc) is 3.33. The first-order valence-corrected chi connectivity index (χ1v) is 27.9. The Morgan fingerprint density at radius 3 is 1.54 bits per heavy atom. The molecule has 0 radical (unpaired) electrons. The van der Waals surface area contributed by atoms with Gasteiger partial charge in [0.2, 0.25) is 5.91 Å². The molecular weight excluding hydrogens is 859 g/mol. The first kappa shape index (κ1) is 63.6. The second-order valence-electron chi connectivity index (χ2n) is 19.3. The largest absolute Gasteiger partial charge is 0.466 e. The van der Waals surface area contributed by atoms with Crippen LogP contribution in [0.4, 0.5) is 0 Å². The van der Waals surface area contributed by atoms with E-state index < -0.39 is 49.5 Å². The van der Waals surface area contributed by atoms with E-state index in [-0.39, 0.29) is 18.5 Å². The standard InChI is InChI=1S/C57H103NO10/c1-3-5-7-9-11-13-15-16-20-24-27-31-35-39-43-50(60)49(48-67-57-56(65)55(64)54(63)51(47-59)68-57)58-52(61)44-40-36-32-28-25-21-18-17-19-22-26-30-34-38-42-46-66-53(62)45-41-37-33-29-23-14-12-10-8-6-4-2/h17,19,22,24,26-27,39,43,49-51,54-57,59-60,63-65H,3-16,18,20-21,23,25,28-38,40-42,44-48H2,1-2H3,(H,58,61)/b19-17-,26-22-,27-24+,43-39+. The van der Waals surface area contributed by atoms with Crippen molar-refractivity contribution in [3.05, 3.63) is 48.6 Å². The van der Waals surface area contributed by atoms with Gasteiger partial charge in [-0.25, -0.2) is 0 Å². The van der Waals surface area contributed by atoms with E-state index in [1.54, 1.807) is 6.08 Å². The van der Waals surface area contributed by atoms with Crippen LogP contribution >= 0.6 is 0 Å². The Morgan fingerprint density at radius 2 is 1.00 bits per heavy atom. The van der Waals surface area contributed by atoms with Crippen LogP contribution in [0.3, 0.4) is 0 Å². The first-order valence-electron chi connectivity index (χ1n) is 27.9. The lowest BCUT2D eigenvalue weighted by Crippen LogP contribution is -2.60. The quantitative estimate of drug-likeness (QED) is 0.0149. The van der Waals surface area contributed by atoms with Gasteiger partial charge in [0.1, 0.15) is 24.4 Å². The topological polar surface area (TPSA) is 175 Å². The number of aliphatic hydroxyl groups excluding tert-OH is 5. The summed E-state index contributed by atoms with van der Waals surface area (Å²) in [5.74, 6) is -0.258. The number of esters is 1. The summed E-state index contributed by atoms with van der Waals surface area (Å²) in [4.78, 5) is 25.0. The van der Waals surface area contributed by atoms with Crippen molar-refractivity contribution in [2.24, 2.45) is 0 Å². The second kappa shape index (κ2) is 47.0. The zero-order chi connectivity index (χ0) is 49.6. The zero-order valence-electron chi connectivity index (χ0n) is 43.3. The van der Waals surface area contributed by atoms with E-state index in [4.69, 9.17) is 14.2 Å². The number of unbranched alkanes of at least 4 members (excludes halogenated alkanes) is 28. The number of hydrogen-bond donors (Lipinski definition) is 6. The molecule has 1 amide bonds. The number of ether oxygens (including phenoxy) is 3. The van der Waals surface area contributed by atoms with E-state index in [1.807, 2.05) is 6.08 Å². The Hall–Kier alpha value is -2.38. The van der Waals surface area contributed by atoms with Crippen LogP contribution in [0.2, 0.25) is 0 Å². The Kier molecular flexibility index (Phi) is 44.0. The summed E-state index contributed by atoms with van der Waals surface area (Å²) < 4.78 is 16.6. The van der Waals surface area contributed by atoms with E-state index in [2.05, 4.69) is 55.6 Å². The normalized spacial score (nSPS) is 19.8. The molecular formula is C57H103NO10. The zero-order valence-corrected chi connectivity index (χ0v) is 43.3. The fourth-order valence-electron chi connectivity index (χ4n) is 8.44. The highest BCUT2D eigenvalue weighted by atomic mass is 16.7. The van der Waals surface area contributed by atoms with Crippen molar-refractivity contribution >= 4 is 11.9 Å². The molecule has 1 rings (SSSR count). The predicted octanol–water partition coefficient (Wildman–Crippen LogP) is 12.1. The lowest BCUT2D eigenvalue weighted by atomic mass is 9.99. The fourth-order valence-corrected chi connectivity index (χ4v) is 8.44. The van der Waals surface area contributed by atoms with E-state index in [1.165, 1.54) is 109 Å². The van der Waals surface area contributed by atoms with Crippen molar-refractivity contribution in [1.29, 1.82) is 0 Å². The van der Waals surface area contributed by atoms with Crippen LogP contribution in [0.15, 0.2) is 48.6 Å². The Balaban J connectivity index is 2.22. The highest BCUT2D eigenvalue weighted by Gasteiger charge is 2.44. The lowest BCUT2D eigenvalue weighted by molar-refractivity contribution is -0.302. The molecule has 1 saturated heterocycles. The summed E-state index contributed by atoms with van der Waals surface area (Å²) in [5, 5.41) is 54.3. The Labute approximate surface area is 415 Å². The van der Waals surface area contributed by atoms with Gasteiger partial charge in [0.05, 0.1) is 32.0 Å². The molecule has 0 bridgehead atoms. The van der Waals surface area contributed by atoms with Gasteiger partial charge in [0, 0.05) is 12.8 Å². The summed E-state index contributed by atoms with van der Waals surface area (Å²) in [6.07, 6.45) is 47.6. The first-order chi connectivity index (χ1) is 33.2.